The maximum atomic E-state index is 13.5. The third kappa shape index (κ3) is 8.00. The molecule has 1 aliphatic rings. The minimum atomic E-state index is -4.61. The lowest BCUT2D eigenvalue weighted by Crippen LogP contribution is -2.50. The molecular formula is C35H37F3N2O6. The number of carbonyl (C=O) groups excluding carboxylic acids is 4. The highest BCUT2D eigenvalue weighted by Crippen LogP contribution is 2.34. The van der Waals surface area contributed by atoms with Gasteiger partial charge in [-0.15, -0.1) is 0 Å². The van der Waals surface area contributed by atoms with Crippen molar-refractivity contribution in [1.29, 1.82) is 0 Å². The average Bonchev–Trinajstić information content (AvgIpc) is 3.05. The van der Waals surface area contributed by atoms with Crippen molar-refractivity contribution in [1.82, 2.24) is 10.2 Å². The lowest BCUT2D eigenvalue weighted by atomic mass is 9.76. The van der Waals surface area contributed by atoms with Gasteiger partial charge in [-0.05, 0) is 55.5 Å². The molecule has 1 fully saturated rings. The van der Waals surface area contributed by atoms with E-state index in [-0.39, 0.29) is 37.1 Å². The van der Waals surface area contributed by atoms with E-state index in [2.05, 4.69) is 5.32 Å². The number of ether oxygens (including phenoxy) is 2. The van der Waals surface area contributed by atoms with E-state index in [1.54, 1.807) is 74.5 Å². The van der Waals surface area contributed by atoms with E-state index in [1.807, 2.05) is 4.90 Å². The Morgan fingerprint density at radius 3 is 1.91 bits per heavy atom. The van der Waals surface area contributed by atoms with E-state index in [4.69, 9.17) is 9.47 Å². The van der Waals surface area contributed by atoms with Gasteiger partial charge in [-0.3, -0.25) is 24.1 Å². The van der Waals surface area contributed by atoms with Gasteiger partial charge in [0.05, 0.1) is 25.3 Å². The number of nitrogens with one attached hydrogen (secondary N) is 1. The molecule has 0 aliphatic carbocycles. The average molecular weight is 639 g/mol. The molecule has 0 spiro atoms. The molecule has 1 saturated heterocycles. The summed E-state index contributed by atoms with van der Waals surface area (Å²) in [5, 5.41) is 2.88. The molecule has 1 amide bonds. The zero-order valence-electron chi connectivity index (χ0n) is 25.8. The van der Waals surface area contributed by atoms with E-state index in [1.165, 1.54) is 6.07 Å². The number of alkyl halides is 3. The number of hydrogen-bond donors (Lipinski definition) is 1. The Morgan fingerprint density at radius 2 is 1.37 bits per heavy atom. The molecule has 8 nitrogen and oxygen atoms in total. The molecule has 0 bridgehead atoms. The molecule has 0 unspecified atom stereocenters. The lowest BCUT2D eigenvalue weighted by Gasteiger charge is -2.33. The second-order valence-corrected chi connectivity index (χ2v) is 11.1. The Kier molecular flexibility index (Phi) is 11.3. The van der Waals surface area contributed by atoms with Gasteiger partial charge in [0, 0.05) is 31.1 Å². The van der Waals surface area contributed by atoms with Crippen LogP contribution in [0.3, 0.4) is 0 Å². The van der Waals surface area contributed by atoms with E-state index >= 15 is 0 Å². The molecule has 0 atom stereocenters. The minimum absolute atomic E-state index is 0.00753. The van der Waals surface area contributed by atoms with Crippen LogP contribution in [0.15, 0.2) is 78.9 Å². The van der Waals surface area contributed by atoms with Crippen LogP contribution in [0, 0.1) is 0 Å². The predicted octanol–water partition coefficient (Wildman–Crippen LogP) is 5.59. The van der Waals surface area contributed by atoms with Gasteiger partial charge < -0.3 is 14.8 Å². The van der Waals surface area contributed by atoms with Crippen LogP contribution in [0.4, 0.5) is 13.2 Å². The number of halogens is 3. The van der Waals surface area contributed by atoms with E-state index in [0.717, 1.165) is 12.1 Å². The molecule has 11 heteroatoms. The van der Waals surface area contributed by atoms with Crippen LogP contribution < -0.4 is 5.32 Å². The number of ketones is 1. The summed E-state index contributed by atoms with van der Waals surface area (Å²) in [5.74, 6) is -2.71. The molecular weight excluding hydrogens is 601 g/mol. The first-order chi connectivity index (χ1) is 22.0. The highest BCUT2D eigenvalue weighted by atomic mass is 19.4. The molecule has 0 radical (unpaired) electrons. The Bertz CT molecular complexity index is 1500. The molecule has 1 heterocycles. The van der Waals surface area contributed by atoms with Crippen molar-refractivity contribution in [3.8, 4) is 11.1 Å². The van der Waals surface area contributed by atoms with Gasteiger partial charge in [0.1, 0.15) is 5.78 Å². The molecule has 46 heavy (non-hydrogen) atoms. The maximum absolute atomic E-state index is 13.5. The van der Waals surface area contributed by atoms with Crippen molar-refractivity contribution < 1.29 is 41.8 Å². The highest BCUT2D eigenvalue weighted by Gasteiger charge is 2.52. The van der Waals surface area contributed by atoms with Crippen LogP contribution in [-0.4, -0.2) is 67.4 Å². The zero-order chi connectivity index (χ0) is 33.3. The molecule has 4 rings (SSSR count). The molecule has 1 N–H and O–H groups in total. The van der Waals surface area contributed by atoms with Crippen molar-refractivity contribution in [2.75, 3.05) is 32.8 Å². The van der Waals surface area contributed by atoms with Crippen molar-refractivity contribution in [2.24, 2.45) is 0 Å². The topological polar surface area (TPSA) is 102 Å². The number of amides is 1. The van der Waals surface area contributed by atoms with Gasteiger partial charge in [-0.2, -0.15) is 13.2 Å². The number of hydrogen-bond acceptors (Lipinski definition) is 7. The molecule has 0 aromatic heterocycles. The van der Waals surface area contributed by atoms with E-state index < -0.39 is 41.4 Å². The Hall–Kier alpha value is -4.51. The van der Waals surface area contributed by atoms with Crippen molar-refractivity contribution in [3.05, 3.63) is 95.6 Å². The summed E-state index contributed by atoms with van der Waals surface area (Å²) in [5.41, 5.74) is -1.65. The van der Waals surface area contributed by atoms with Gasteiger partial charge in [-0.1, -0.05) is 66.7 Å². The molecule has 3 aromatic carbocycles. The predicted molar refractivity (Wildman–Crippen MR) is 165 cm³/mol. The van der Waals surface area contributed by atoms with Gasteiger partial charge in [0.2, 0.25) is 0 Å². The second kappa shape index (κ2) is 15.2. The summed E-state index contributed by atoms with van der Waals surface area (Å²) in [4.78, 5) is 55.2. The van der Waals surface area contributed by atoms with E-state index in [9.17, 15) is 32.3 Å². The first-order valence-corrected chi connectivity index (χ1v) is 15.2. The van der Waals surface area contributed by atoms with Crippen LogP contribution in [0.5, 0.6) is 0 Å². The second-order valence-electron chi connectivity index (χ2n) is 11.1. The SMILES string of the molecule is CCOC(=O)C(CC(=O)CN1CCC(NC(=O)c2cc(C(F)(F)F)ccc2-c2ccccc2)CC1)(C(=O)OCC)c1ccccc1. The fourth-order valence-electron chi connectivity index (χ4n) is 5.67. The Balaban J connectivity index is 1.44. The van der Waals surface area contributed by atoms with Gasteiger partial charge >= 0.3 is 18.1 Å². The number of rotatable bonds is 12. The number of piperidine rings is 1. The first kappa shape index (κ1) is 34.4. The normalized spacial score (nSPS) is 14.4. The summed E-state index contributed by atoms with van der Waals surface area (Å²) in [6.45, 7) is 3.99. The smallest absolute Gasteiger partial charge is 0.416 e. The minimum Gasteiger partial charge on any atom is -0.465 e. The van der Waals surface area contributed by atoms with Crippen LogP contribution in [0.25, 0.3) is 11.1 Å². The molecule has 3 aromatic rings. The molecule has 244 valence electrons. The largest absolute Gasteiger partial charge is 0.465 e. The van der Waals surface area contributed by atoms with Crippen molar-refractivity contribution in [2.45, 2.75) is 50.7 Å². The number of esters is 2. The maximum Gasteiger partial charge on any atom is 0.416 e. The quantitative estimate of drug-likeness (QED) is 0.204. The van der Waals surface area contributed by atoms with Crippen LogP contribution in [0.1, 0.15) is 54.6 Å². The van der Waals surface area contributed by atoms with Crippen LogP contribution >= 0.6 is 0 Å². The van der Waals surface area contributed by atoms with Gasteiger partial charge in [0.15, 0.2) is 5.41 Å². The lowest BCUT2D eigenvalue weighted by molar-refractivity contribution is -0.166. The van der Waals surface area contributed by atoms with Crippen LogP contribution in [0.2, 0.25) is 0 Å². The number of Topliss-reactive ketones (excluding diaryl/α,β-unsaturated/α-hetero) is 1. The van der Waals surface area contributed by atoms with Gasteiger partial charge in [-0.25, -0.2) is 0 Å². The monoisotopic (exact) mass is 638 g/mol. The summed E-state index contributed by atoms with van der Waals surface area (Å²) in [7, 11) is 0. The summed E-state index contributed by atoms with van der Waals surface area (Å²) in [6.07, 6.45) is -4.18. The molecule has 1 aliphatic heterocycles. The standard InChI is InChI=1S/C35H37F3N2O6/c1-3-45-32(43)34(33(44)46-4-2,25-13-9-6-10-14-25)22-28(41)23-40-19-17-27(18-20-40)39-31(42)30-21-26(35(36,37)38)15-16-29(30)24-11-7-5-8-12-24/h5-16,21,27H,3-4,17-20,22-23H2,1-2H3,(H,39,42). The third-order valence-corrected chi connectivity index (χ3v) is 7.98. The zero-order valence-corrected chi connectivity index (χ0v) is 25.8. The number of likely N-dealkylation sites (tertiary alicyclic amines) is 1. The molecule has 0 saturated carbocycles. The Labute approximate surface area is 265 Å². The summed E-state index contributed by atoms with van der Waals surface area (Å²) >= 11 is 0. The van der Waals surface area contributed by atoms with Crippen LogP contribution in [-0.2, 0) is 35.4 Å². The number of benzene rings is 3. The van der Waals surface area contributed by atoms with Crippen molar-refractivity contribution in [3.63, 3.8) is 0 Å². The fraction of sp³-hybridized carbons (Fsp3) is 0.371. The van der Waals surface area contributed by atoms with Gasteiger partial charge in [0.25, 0.3) is 5.91 Å². The van der Waals surface area contributed by atoms with Crippen molar-refractivity contribution >= 4 is 23.6 Å². The highest BCUT2D eigenvalue weighted by molar-refractivity contribution is 6.10. The summed E-state index contributed by atoms with van der Waals surface area (Å²) < 4.78 is 51.1. The summed E-state index contributed by atoms with van der Waals surface area (Å²) in [6, 6.07) is 19.8. The fourth-order valence-corrected chi connectivity index (χ4v) is 5.67. The third-order valence-electron chi connectivity index (χ3n) is 7.98. The Morgan fingerprint density at radius 1 is 0.804 bits per heavy atom. The first-order valence-electron chi connectivity index (χ1n) is 15.2. The number of carbonyl (C=O) groups is 4. The number of nitrogens with zero attached hydrogens (tertiary/aromatic N) is 1. The van der Waals surface area contributed by atoms with E-state index in [0.29, 0.717) is 42.6 Å².